The highest BCUT2D eigenvalue weighted by Crippen LogP contribution is 2.32. The van der Waals surface area contributed by atoms with Crippen molar-refractivity contribution in [1.29, 1.82) is 0 Å². The van der Waals surface area contributed by atoms with Crippen LogP contribution in [0.5, 0.6) is 23.0 Å². The Labute approximate surface area is 171 Å². The first-order chi connectivity index (χ1) is 14.3. The van der Waals surface area contributed by atoms with E-state index in [1.807, 2.05) is 60.7 Å². The fourth-order valence-corrected chi connectivity index (χ4v) is 3.26. The molecule has 0 radical (unpaired) electrons. The molecule has 150 valence electrons. The van der Waals surface area contributed by atoms with Crippen molar-refractivity contribution in [3.63, 3.8) is 0 Å². The summed E-state index contributed by atoms with van der Waals surface area (Å²) in [5.41, 5.74) is 2.24. The molecule has 1 aliphatic heterocycles. The van der Waals surface area contributed by atoms with E-state index in [0.717, 1.165) is 34.1 Å². The Hall–Kier alpha value is -3.18. The lowest BCUT2D eigenvalue weighted by atomic mass is 10.1. The van der Waals surface area contributed by atoms with Crippen LogP contribution in [0.4, 0.5) is 0 Å². The zero-order valence-corrected chi connectivity index (χ0v) is 16.5. The highest BCUT2D eigenvalue weighted by Gasteiger charge is 2.19. The largest absolute Gasteiger partial charge is 0.493 e. The van der Waals surface area contributed by atoms with Gasteiger partial charge in [0.15, 0.2) is 23.0 Å². The van der Waals surface area contributed by atoms with Gasteiger partial charge >= 0.3 is 0 Å². The first kappa shape index (κ1) is 19.2. The highest BCUT2D eigenvalue weighted by atomic mass is 16.6. The minimum Gasteiger partial charge on any atom is -0.493 e. The van der Waals surface area contributed by atoms with Crippen LogP contribution in [0.3, 0.4) is 0 Å². The van der Waals surface area contributed by atoms with Crippen LogP contribution in [-0.2, 0) is 0 Å². The van der Waals surface area contributed by atoms with Gasteiger partial charge in [-0.05, 0) is 35.4 Å². The molecule has 5 nitrogen and oxygen atoms in total. The van der Waals surface area contributed by atoms with Gasteiger partial charge in [0.05, 0.1) is 7.11 Å². The molecule has 0 saturated heterocycles. The van der Waals surface area contributed by atoms with E-state index >= 15 is 0 Å². The predicted octanol–water partition coefficient (Wildman–Crippen LogP) is 4.17. The lowest BCUT2D eigenvalue weighted by Gasteiger charge is -2.26. The second-order valence-corrected chi connectivity index (χ2v) is 6.78. The van der Waals surface area contributed by atoms with Gasteiger partial charge in [0.1, 0.15) is 19.3 Å². The Kier molecular flexibility index (Phi) is 6.17. The normalized spacial score (nSPS) is 15.0. The third-order valence-corrected chi connectivity index (χ3v) is 4.75. The average Bonchev–Trinajstić information content (AvgIpc) is 2.79. The van der Waals surface area contributed by atoms with Gasteiger partial charge < -0.3 is 24.3 Å². The molecule has 3 aromatic carbocycles. The zero-order chi connectivity index (χ0) is 19.9. The summed E-state index contributed by atoms with van der Waals surface area (Å²) < 4.78 is 23.1. The van der Waals surface area contributed by atoms with E-state index < -0.39 is 0 Å². The molecule has 0 bridgehead atoms. The number of rotatable bonds is 8. The summed E-state index contributed by atoms with van der Waals surface area (Å²) in [5, 5.41) is 3.37. The number of fused-ring (bicyclic) bond motifs is 1. The molecule has 0 aromatic heterocycles. The molecule has 4 rings (SSSR count). The van der Waals surface area contributed by atoms with Gasteiger partial charge in [0, 0.05) is 13.1 Å². The molecule has 0 unspecified atom stereocenters. The molecule has 1 aliphatic rings. The van der Waals surface area contributed by atoms with Crippen molar-refractivity contribution in [2.45, 2.75) is 6.10 Å². The smallest absolute Gasteiger partial charge is 0.161 e. The standard InChI is InChI=1S/C24H25NO4/c1-26-21-12-11-19(18-7-3-2-4-8-18)15-24(21)27-14-13-25-16-20-17-28-22-9-5-6-10-23(22)29-20/h2-12,15,20,25H,13-14,16-17H2,1H3/t20-/m0/s1. The summed E-state index contributed by atoms with van der Waals surface area (Å²) in [7, 11) is 1.65. The van der Waals surface area contributed by atoms with E-state index in [4.69, 9.17) is 18.9 Å². The van der Waals surface area contributed by atoms with Gasteiger partial charge in [-0.2, -0.15) is 0 Å². The maximum absolute atomic E-state index is 5.98. The van der Waals surface area contributed by atoms with E-state index in [-0.39, 0.29) is 6.10 Å². The maximum atomic E-state index is 5.98. The van der Waals surface area contributed by atoms with Crippen molar-refractivity contribution < 1.29 is 18.9 Å². The molecular weight excluding hydrogens is 366 g/mol. The van der Waals surface area contributed by atoms with Gasteiger partial charge in [-0.3, -0.25) is 0 Å². The quantitative estimate of drug-likeness (QED) is 0.584. The van der Waals surface area contributed by atoms with Gasteiger partial charge in [0.25, 0.3) is 0 Å². The molecule has 3 aromatic rings. The fourth-order valence-electron chi connectivity index (χ4n) is 3.26. The van der Waals surface area contributed by atoms with Gasteiger partial charge in [-0.15, -0.1) is 0 Å². The predicted molar refractivity (Wildman–Crippen MR) is 113 cm³/mol. The lowest BCUT2D eigenvalue weighted by molar-refractivity contribution is 0.0897. The Morgan fingerprint density at radius 2 is 1.69 bits per heavy atom. The van der Waals surface area contributed by atoms with Crippen LogP contribution < -0.4 is 24.3 Å². The van der Waals surface area contributed by atoms with Gasteiger partial charge in [0.2, 0.25) is 0 Å². The number of methoxy groups -OCH3 is 1. The third kappa shape index (κ3) is 4.81. The topological polar surface area (TPSA) is 49.0 Å². The van der Waals surface area contributed by atoms with Gasteiger partial charge in [-0.25, -0.2) is 0 Å². The minimum atomic E-state index is -0.0131. The van der Waals surface area contributed by atoms with Crippen molar-refractivity contribution >= 4 is 0 Å². The van der Waals surface area contributed by atoms with Crippen LogP contribution in [0.15, 0.2) is 72.8 Å². The molecule has 0 amide bonds. The molecule has 0 aliphatic carbocycles. The molecule has 29 heavy (non-hydrogen) atoms. The molecule has 5 heteroatoms. The summed E-state index contributed by atoms with van der Waals surface area (Å²) >= 11 is 0. The Bertz CT molecular complexity index is 929. The summed E-state index contributed by atoms with van der Waals surface area (Å²) in [6.45, 7) is 2.45. The number of hydrogen-bond donors (Lipinski definition) is 1. The van der Waals surface area contributed by atoms with E-state index in [1.54, 1.807) is 7.11 Å². The Morgan fingerprint density at radius 3 is 2.52 bits per heavy atom. The Morgan fingerprint density at radius 1 is 0.897 bits per heavy atom. The number of ether oxygens (including phenoxy) is 4. The molecule has 0 saturated carbocycles. The molecule has 0 spiro atoms. The summed E-state index contributed by atoms with van der Waals surface area (Å²) in [5.74, 6) is 3.06. The van der Waals surface area contributed by atoms with Crippen molar-refractivity contribution in [2.24, 2.45) is 0 Å². The number of benzene rings is 3. The van der Waals surface area contributed by atoms with Crippen molar-refractivity contribution in [3.05, 3.63) is 72.8 Å². The summed E-state index contributed by atoms with van der Waals surface area (Å²) in [6, 6.07) is 24.0. The van der Waals surface area contributed by atoms with Gasteiger partial charge in [-0.1, -0.05) is 48.5 Å². The van der Waals surface area contributed by atoms with Crippen molar-refractivity contribution in [3.8, 4) is 34.1 Å². The highest BCUT2D eigenvalue weighted by molar-refractivity contribution is 5.67. The second kappa shape index (κ2) is 9.34. The number of hydrogen-bond acceptors (Lipinski definition) is 5. The van der Waals surface area contributed by atoms with E-state index in [9.17, 15) is 0 Å². The molecule has 1 N–H and O–H groups in total. The fraction of sp³-hybridized carbons (Fsp3) is 0.250. The summed E-state index contributed by atoms with van der Waals surface area (Å²) in [4.78, 5) is 0. The first-order valence-corrected chi connectivity index (χ1v) is 9.79. The van der Waals surface area contributed by atoms with Crippen LogP contribution >= 0.6 is 0 Å². The van der Waals surface area contributed by atoms with Crippen LogP contribution in [0.25, 0.3) is 11.1 Å². The van der Waals surface area contributed by atoms with E-state index in [1.165, 1.54) is 0 Å². The molecule has 1 heterocycles. The average molecular weight is 391 g/mol. The van der Waals surface area contributed by atoms with Crippen molar-refractivity contribution in [2.75, 3.05) is 33.4 Å². The van der Waals surface area contributed by atoms with E-state index in [2.05, 4.69) is 17.4 Å². The SMILES string of the molecule is COc1ccc(-c2ccccc2)cc1OCCNC[C@H]1COc2ccccc2O1. The van der Waals surface area contributed by atoms with Crippen LogP contribution in [0.1, 0.15) is 0 Å². The van der Waals surface area contributed by atoms with E-state index in [0.29, 0.717) is 26.3 Å². The lowest BCUT2D eigenvalue weighted by Crippen LogP contribution is -2.39. The number of nitrogens with one attached hydrogen (secondary N) is 1. The monoisotopic (exact) mass is 391 g/mol. The minimum absolute atomic E-state index is 0.0131. The van der Waals surface area contributed by atoms with Crippen LogP contribution in [-0.4, -0.2) is 39.5 Å². The summed E-state index contributed by atoms with van der Waals surface area (Å²) in [6.07, 6.45) is -0.0131. The third-order valence-electron chi connectivity index (χ3n) is 4.75. The Balaban J connectivity index is 1.27. The molecule has 1 atom stereocenters. The molecule has 0 fully saturated rings. The first-order valence-electron chi connectivity index (χ1n) is 9.79. The van der Waals surface area contributed by atoms with Crippen molar-refractivity contribution in [1.82, 2.24) is 5.32 Å². The zero-order valence-electron chi connectivity index (χ0n) is 16.5. The van der Waals surface area contributed by atoms with Crippen LogP contribution in [0.2, 0.25) is 0 Å². The number of para-hydroxylation sites is 2. The molecular formula is C24H25NO4. The maximum Gasteiger partial charge on any atom is 0.161 e. The van der Waals surface area contributed by atoms with Crippen LogP contribution in [0, 0.1) is 0 Å². The second-order valence-electron chi connectivity index (χ2n) is 6.78.